The summed E-state index contributed by atoms with van der Waals surface area (Å²) in [5.74, 6) is 0. The molecule has 2 aromatic rings. The number of aromatic nitrogens is 1. The van der Waals surface area contributed by atoms with Gasteiger partial charge in [-0.3, -0.25) is 4.98 Å². The van der Waals surface area contributed by atoms with Crippen LogP contribution in [0.3, 0.4) is 0 Å². The first kappa shape index (κ1) is 17.8. The fourth-order valence-electron chi connectivity index (χ4n) is 2.87. The van der Waals surface area contributed by atoms with Crippen molar-refractivity contribution in [3.63, 3.8) is 0 Å². The molecule has 0 bridgehead atoms. The van der Waals surface area contributed by atoms with Gasteiger partial charge in [0, 0.05) is 25.0 Å². The number of hydrogen-bond acceptors (Lipinski definition) is 4. The molecule has 1 aromatic carbocycles. The molecule has 1 aliphatic rings. The Labute approximate surface area is 143 Å². The summed E-state index contributed by atoms with van der Waals surface area (Å²) >= 11 is 0. The van der Waals surface area contributed by atoms with E-state index in [0.717, 1.165) is 23.7 Å². The van der Waals surface area contributed by atoms with Crippen LogP contribution in [0.5, 0.6) is 0 Å². The predicted molar refractivity (Wildman–Crippen MR) is 85.3 cm³/mol. The molecule has 0 saturated heterocycles. The van der Waals surface area contributed by atoms with Gasteiger partial charge in [0.1, 0.15) is 4.90 Å². The van der Waals surface area contributed by atoms with E-state index in [4.69, 9.17) is 0 Å². The largest absolute Gasteiger partial charge is 0.417 e. The second kappa shape index (κ2) is 6.74. The van der Waals surface area contributed by atoms with Crippen molar-refractivity contribution in [2.45, 2.75) is 23.5 Å². The maximum Gasteiger partial charge on any atom is 0.417 e. The van der Waals surface area contributed by atoms with E-state index < -0.39 is 26.7 Å². The van der Waals surface area contributed by atoms with Crippen molar-refractivity contribution in [2.24, 2.45) is 0 Å². The summed E-state index contributed by atoms with van der Waals surface area (Å²) in [6.07, 6.45) is -2.32. The smallest absolute Gasteiger partial charge is 0.308 e. The van der Waals surface area contributed by atoms with Gasteiger partial charge in [-0.25, -0.2) is 13.1 Å². The van der Waals surface area contributed by atoms with E-state index in [1.54, 1.807) is 0 Å². The third-order valence-corrected chi connectivity index (χ3v) is 5.52. The highest BCUT2D eigenvalue weighted by atomic mass is 32.2. The Morgan fingerprint density at radius 1 is 1.24 bits per heavy atom. The standard InChI is InChI=1S/C16H16F3N3O2S/c17-16(18,19)13-6-7-20-10-15(13)25(23,24)22-9-14-12-4-2-1-3-11(12)5-8-21-14/h1-4,6-7,10,14,21-22H,5,8-9H2. The highest BCUT2D eigenvalue weighted by molar-refractivity contribution is 7.89. The molecule has 1 aromatic heterocycles. The van der Waals surface area contributed by atoms with E-state index in [2.05, 4.69) is 15.0 Å². The summed E-state index contributed by atoms with van der Waals surface area (Å²) in [5.41, 5.74) is 0.813. The average molecular weight is 371 g/mol. The van der Waals surface area contributed by atoms with Crippen LogP contribution in [0.1, 0.15) is 22.7 Å². The summed E-state index contributed by atoms with van der Waals surface area (Å²) < 4.78 is 66.1. The number of hydrogen-bond donors (Lipinski definition) is 2. The highest BCUT2D eigenvalue weighted by Crippen LogP contribution is 2.33. The topological polar surface area (TPSA) is 71.1 Å². The van der Waals surface area contributed by atoms with Crippen LogP contribution in [0.15, 0.2) is 47.6 Å². The van der Waals surface area contributed by atoms with Gasteiger partial charge in [0.15, 0.2) is 0 Å². The molecule has 1 aliphatic heterocycles. The van der Waals surface area contributed by atoms with Crippen molar-refractivity contribution in [3.05, 3.63) is 59.4 Å². The van der Waals surface area contributed by atoms with Crippen molar-refractivity contribution >= 4 is 10.0 Å². The van der Waals surface area contributed by atoms with Gasteiger partial charge in [-0.05, 0) is 30.2 Å². The van der Waals surface area contributed by atoms with E-state index >= 15 is 0 Å². The molecule has 134 valence electrons. The van der Waals surface area contributed by atoms with Gasteiger partial charge in [0.05, 0.1) is 5.56 Å². The monoisotopic (exact) mass is 371 g/mol. The Bertz CT molecular complexity index is 869. The summed E-state index contributed by atoms with van der Waals surface area (Å²) in [4.78, 5) is 2.65. The number of nitrogens with one attached hydrogen (secondary N) is 2. The summed E-state index contributed by atoms with van der Waals surface area (Å²) in [6, 6.07) is 7.94. The van der Waals surface area contributed by atoms with Gasteiger partial charge in [0.2, 0.25) is 10.0 Å². The van der Waals surface area contributed by atoms with Gasteiger partial charge in [0.25, 0.3) is 0 Å². The van der Waals surface area contributed by atoms with E-state index in [1.165, 1.54) is 0 Å². The lowest BCUT2D eigenvalue weighted by Gasteiger charge is -2.27. The number of benzene rings is 1. The molecule has 5 nitrogen and oxygen atoms in total. The van der Waals surface area contributed by atoms with Crippen LogP contribution in [-0.4, -0.2) is 26.5 Å². The first-order chi connectivity index (χ1) is 11.8. The first-order valence-corrected chi connectivity index (χ1v) is 9.09. The van der Waals surface area contributed by atoms with Crippen LogP contribution < -0.4 is 10.0 Å². The van der Waals surface area contributed by atoms with E-state index in [-0.39, 0.29) is 12.6 Å². The van der Waals surface area contributed by atoms with Gasteiger partial charge < -0.3 is 5.32 Å². The molecule has 0 fully saturated rings. The summed E-state index contributed by atoms with van der Waals surface area (Å²) in [5, 5.41) is 3.18. The Morgan fingerprint density at radius 2 is 2.00 bits per heavy atom. The molecule has 9 heteroatoms. The number of sulfonamides is 1. The minimum Gasteiger partial charge on any atom is -0.308 e. The SMILES string of the molecule is O=S(=O)(NCC1NCCc2ccccc21)c1cnccc1C(F)(F)F. The lowest BCUT2D eigenvalue weighted by molar-refractivity contribution is -0.140. The third kappa shape index (κ3) is 3.83. The van der Waals surface area contributed by atoms with Crippen molar-refractivity contribution in [1.29, 1.82) is 0 Å². The minimum absolute atomic E-state index is 0.0501. The van der Waals surface area contributed by atoms with Crippen LogP contribution in [0, 0.1) is 0 Å². The lowest BCUT2D eigenvalue weighted by atomic mass is 9.95. The molecule has 1 atom stereocenters. The van der Waals surface area contributed by atoms with Crippen LogP contribution in [0.25, 0.3) is 0 Å². The Hall–Kier alpha value is -1.97. The maximum absolute atomic E-state index is 13.0. The minimum atomic E-state index is -4.78. The van der Waals surface area contributed by atoms with Crippen molar-refractivity contribution in [3.8, 4) is 0 Å². The number of pyridine rings is 1. The number of nitrogens with zero attached hydrogens (tertiary/aromatic N) is 1. The van der Waals surface area contributed by atoms with Crippen molar-refractivity contribution in [1.82, 2.24) is 15.0 Å². The van der Waals surface area contributed by atoms with Crippen molar-refractivity contribution < 1.29 is 21.6 Å². The Balaban J connectivity index is 1.83. The molecule has 25 heavy (non-hydrogen) atoms. The molecule has 0 aliphatic carbocycles. The molecule has 1 unspecified atom stereocenters. The van der Waals surface area contributed by atoms with E-state index in [0.29, 0.717) is 18.8 Å². The number of alkyl halides is 3. The fraction of sp³-hybridized carbons (Fsp3) is 0.312. The maximum atomic E-state index is 13.0. The Morgan fingerprint density at radius 3 is 2.76 bits per heavy atom. The van der Waals surface area contributed by atoms with Gasteiger partial charge in [-0.1, -0.05) is 24.3 Å². The molecular weight excluding hydrogens is 355 g/mol. The molecule has 3 rings (SSSR count). The Kier molecular flexibility index (Phi) is 4.81. The molecule has 0 saturated carbocycles. The van der Waals surface area contributed by atoms with Crippen LogP contribution in [0.2, 0.25) is 0 Å². The summed E-state index contributed by atoms with van der Waals surface area (Å²) in [7, 11) is -4.35. The zero-order valence-corrected chi connectivity index (χ0v) is 13.9. The molecular formula is C16H16F3N3O2S. The molecule has 2 N–H and O–H groups in total. The third-order valence-electron chi connectivity index (χ3n) is 4.07. The molecule has 0 radical (unpaired) electrons. The summed E-state index contributed by atoms with van der Waals surface area (Å²) in [6.45, 7) is 0.621. The van der Waals surface area contributed by atoms with Crippen LogP contribution in [-0.2, 0) is 22.6 Å². The zero-order valence-electron chi connectivity index (χ0n) is 13.0. The normalized spacial score (nSPS) is 18.0. The van der Waals surface area contributed by atoms with Gasteiger partial charge in [-0.15, -0.1) is 0 Å². The van der Waals surface area contributed by atoms with Crippen LogP contribution >= 0.6 is 0 Å². The number of halogens is 3. The van der Waals surface area contributed by atoms with Crippen LogP contribution in [0.4, 0.5) is 13.2 Å². The van der Waals surface area contributed by atoms with E-state index in [1.807, 2.05) is 24.3 Å². The highest BCUT2D eigenvalue weighted by Gasteiger charge is 2.37. The number of fused-ring (bicyclic) bond motifs is 1. The molecule has 0 spiro atoms. The quantitative estimate of drug-likeness (QED) is 0.865. The molecule has 2 heterocycles. The second-order valence-electron chi connectivity index (χ2n) is 5.68. The average Bonchev–Trinajstić information content (AvgIpc) is 2.59. The van der Waals surface area contributed by atoms with Crippen molar-refractivity contribution in [2.75, 3.05) is 13.1 Å². The second-order valence-corrected chi connectivity index (χ2v) is 7.41. The van der Waals surface area contributed by atoms with E-state index in [9.17, 15) is 21.6 Å². The first-order valence-electron chi connectivity index (χ1n) is 7.61. The lowest BCUT2D eigenvalue weighted by Crippen LogP contribution is -2.39. The fourth-order valence-corrected chi connectivity index (χ4v) is 4.09. The van der Waals surface area contributed by atoms with Gasteiger partial charge >= 0.3 is 6.18 Å². The molecule has 0 amide bonds. The van der Waals surface area contributed by atoms with Gasteiger partial charge in [-0.2, -0.15) is 13.2 Å². The predicted octanol–water partition coefficient (Wildman–Crippen LogP) is 2.27. The number of rotatable bonds is 4. The zero-order chi connectivity index (χ0) is 18.1.